The highest BCUT2D eigenvalue weighted by Crippen LogP contribution is 2.18. The fourth-order valence-corrected chi connectivity index (χ4v) is 1.88. The first-order valence-electron chi connectivity index (χ1n) is 5.77. The third-order valence-corrected chi connectivity index (χ3v) is 2.95. The number of esters is 1. The smallest absolute Gasteiger partial charge is 0.302 e. The lowest BCUT2D eigenvalue weighted by Gasteiger charge is -2.01. The number of unbranched alkanes of at least 4 members (excludes halogenated alkanes) is 3. The van der Waals surface area contributed by atoms with E-state index in [9.17, 15) is 9.18 Å². The van der Waals surface area contributed by atoms with Crippen molar-refractivity contribution in [2.45, 2.75) is 32.6 Å². The topological polar surface area (TPSA) is 35.5 Å². The minimum atomic E-state index is -0.391. The molecule has 0 fully saturated rings. The van der Waals surface area contributed by atoms with E-state index in [-0.39, 0.29) is 11.8 Å². The molecule has 0 bridgehead atoms. The van der Waals surface area contributed by atoms with Crippen molar-refractivity contribution in [2.24, 2.45) is 0 Å². The van der Waals surface area contributed by atoms with Crippen LogP contribution in [-0.4, -0.2) is 32.0 Å². The van der Waals surface area contributed by atoms with Crippen molar-refractivity contribution in [3.05, 3.63) is 11.2 Å². The third kappa shape index (κ3) is 13.4. The molecule has 0 saturated heterocycles. The first-order chi connectivity index (χ1) is 8.16. The van der Waals surface area contributed by atoms with Gasteiger partial charge in [-0.3, -0.25) is 4.79 Å². The molecular weight excluding hydrogens is 243 g/mol. The van der Waals surface area contributed by atoms with Crippen molar-refractivity contribution in [1.29, 1.82) is 0 Å². The van der Waals surface area contributed by atoms with E-state index in [0.29, 0.717) is 0 Å². The van der Waals surface area contributed by atoms with Crippen molar-refractivity contribution >= 4 is 17.7 Å². The Labute approximate surface area is 107 Å². The van der Waals surface area contributed by atoms with Crippen LogP contribution in [0.3, 0.4) is 0 Å². The predicted octanol–water partition coefficient (Wildman–Crippen LogP) is 3.30. The van der Waals surface area contributed by atoms with Gasteiger partial charge in [0, 0.05) is 26.4 Å². The van der Waals surface area contributed by atoms with Crippen LogP contribution < -0.4 is 0 Å². The normalized spacial score (nSPS) is 11.6. The fourth-order valence-electron chi connectivity index (χ4n) is 1.16. The highest BCUT2D eigenvalue weighted by molar-refractivity contribution is 8.02. The average Bonchev–Trinajstić information content (AvgIpc) is 2.27. The van der Waals surface area contributed by atoms with Crippen molar-refractivity contribution < 1.29 is 18.7 Å². The Hall–Kier alpha value is -0.550. The molecule has 0 rings (SSSR count). The van der Waals surface area contributed by atoms with Crippen LogP contribution in [0.2, 0.25) is 0 Å². The number of carbonyl (C=O) groups excluding carboxylic acids is 1. The van der Waals surface area contributed by atoms with Crippen LogP contribution in [0.15, 0.2) is 11.2 Å². The van der Waals surface area contributed by atoms with Gasteiger partial charge in [0.25, 0.3) is 0 Å². The van der Waals surface area contributed by atoms with E-state index >= 15 is 0 Å². The summed E-state index contributed by atoms with van der Waals surface area (Å²) in [6.45, 7) is 2.12. The minimum absolute atomic E-state index is 0.0159. The maximum Gasteiger partial charge on any atom is 0.302 e. The molecule has 0 aliphatic rings. The molecule has 0 unspecified atom stereocenters. The van der Waals surface area contributed by atoms with Gasteiger partial charge in [-0.1, -0.05) is 24.6 Å². The molecule has 0 N–H and O–H groups in total. The number of carbonyl (C=O) groups is 1. The number of hydrogen-bond acceptors (Lipinski definition) is 4. The third-order valence-electron chi connectivity index (χ3n) is 2.01. The van der Waals surface area contributed by atoms with E-state index in [2.05, 4.69) is 4.74 Å². The molecule has 3 nitrogen and oxygen atoms in total. The predicted molar refractivity (Wildman–Crippen MR) is 68.6 cm³/mol. The summed E-state index contributed by atoms with van der Waals surface area (Å²) in [6, 6.07) is 0. The maximum absolute atomic E-state index is 13.1. The van der Waals surface area contributed by atoms with Gasteiger partial charge in [-0.15, -0.1) is 0 Å². The summed E-state index contributed by atoms with van der Waals surface area (Å²) in [6.07, 6.45) is 5.55. The summed E-state index contributed by atoms with van der Waals surface area (Å²) in [5.74, 6) is 0.368. The first kappa shape index (κ1) is 16.4. The zero-order valence-electron chi connectivity index (χ0n) is 10.5. The quantitative estimate of drug-likeness (QED) is 0.448. The summed E-state index contributed by atoms with van der Waals surface area (Å²) in [7, 11) is 1.69. The largest absolute Gasteiger partial charge is 0.462 e. The molecule has 0 heterocycles. The lowest BCUT2D eigenvalue weighted by atomic mass is 10.2. The molecule has 0 aromatic heterocycles. The van der Waals surface area contributed by atoms with Crippen LogP contribution >= 0.6 is 11.8 Å². The lowest BCUT2D eigenvalue weighted by molar-refractivity contribution is -0.139. The molecular formula is C12H21FO3S. The van der Waals surface area contributed by atoms with E-state index in [1.807, 2.05) is 0 Å². The Bertz CT molecular complexity index is 232. The van der Waals surface area contributed by atoms with E-state index in [1.165, 1.54) is 13.0 Å². The van der Waals surface area contributed by atoms with E-state index in [4.69, 9.17) is 4.74 Å². The summed E-state index contributed by atoms with van der Waals surface area (Å²) < 4.78 is 22.6. The van der Waals surface area contributed by atoms with E-state index < -0.39 is 5.97 Å². The van der Waals surface area contributed by atoms with Crippen LogP contribution in [0.1, 0.15) is 32.6 Å². The van der Waals surface area contributed by atoms with Crippen molar-refractivity contribution in [3.8, 4) is 0 Å². The molecule has 0 aromatic rings. The van der Waals surface area contributed by atoms with Gasteiger partial charge in [-0.25, -0.2) is 0 Å². The molecule has 5 heteroatoms. The first-order valence-corrected chi connectivity index (χ1v) is 6.76. The van der Waals surface area contributed by atoms with Crippen LogP contribution in [0.25, 0.3) is 0 Å². The molecule has 100 valence electrons. The van der Waals surface area contributed by atoms with Crippen LogP contribution in [0, 0.1) is 0 Å². The van der Waals surface area contributed by atoms with Gasteiger partial charge in [-0.05, 0) is 18.9 Å². The van der Waals surface area contributed by atoms with E-state index in [0.717, 1.165) is 49.8 Å². The SMILES string of the molecule is COCCCCCCSC(F)=CCOC(C)=O. The number of thioether (sulfide) groups is 1. The second-order valence-corrected chi connectivity index (χ2v) is 4.65. The monoisotopic (exact) mass is 264 g/mol. The number of ether oxygens (including phenoxy) is 2. The number of hydrogen-bond donors (Lipinski definition) is 0. The molecule has 17 heavy (non-hydrogen) atoms. The molecule has 0 amide bonds. The zero-order valence-corrected chi connectivity index (χ0v) is 11.4. The summed E-state index contributed by atoms with van der Waals surface area (Å²) in [4.78, 5) is 10.4. The molecule has 0 radical (unpaired) electrons. The van der Waals surface area contributed by atoms with Crippen molar-refractivity contribution in [1.82, 2.24) is 0 Å². The molecule has 0 atom stereocenters. The maximum atomic E-state index is 13.1. The van der Waals surface area contributed by atoms with Crippen molar-refractivity contribution in [3.63, 3.8) is 0 Å². The summed E-state index contributed by atoms with van der Waals surface area (Å²) in [5, 5.41) is -0.275. The Kier molecular flexibility index (Phi) is 11.5. The van der Waals surface area contributed by atoms with E-state index in [1.54, 1.807) is 7.11 Å². The summed E-state index contributed by atoms with van der Waals surface area (Å²) in [5.41, 5.74) is 0. The van der Waals surface area contributed by atoms with Gasteiger partial charge < -0.3 is 9.47 Å². The fraction of sp³-hybridized carbons (Fsp3) is 0.750. The van der Waals surface area contributed by atoms with Crippen LogP contribution in [0.5, 0.6) is 0 Å². The van der Waals surface area contributed by atoms with Gasteiger partial charge >= 0.3 is 5.97 Å². The molecule has 0 aliphatic heterocycles. The van der Waals surface area contributed by atoms with Crippen LogP contribution in [0.4, 0.5) is 4.39 Å². The summed E-state index contributed by atoms with van der Waals surface area (Å²) >= 11 is 1.16. The Morgan fingerprint density at radius 3 is 2.65 bits per heavy atom. The van der Waals surface area contributed by atoms with Gasteiger partial charge in [-0.2, -0.15) is 4.39 Å². The second-order valence-electron chi connectivity index (χ2n) is 3.57. The van der Waals surface area contributed by atoms with Gasteiger partial charge in [0.1, 0.15) is 6.61 Å². The van der Waals surface area contributed by atoms with Crippen LogP contribution in [-0.2, 0) is 14.3 Å². The minimum Gasteiger partial charge on any atom is -0.462 e. The Balaban J connectivity index is 3.32. The molecule has 0 aromatic carbocycles. The Morgan fingerprint density at radius 2 is 2.00 bits per heavy atom. The highest BCUT2D eigenvalue weighted by Gasteiger charge is 1.97. The van der Waals surface area contributed by atoms with Gasteiger partial charge in [0.05, 0.1) is 0 Å². The zero-order chi connectivity index (χ0) is 12.9. The second kappa shape index (κ2) is 11.9. The standard InChI is InChI=1S/C12H21FO3S/c1-11(14)16-9-7-12(13)17-10-6-4-3-5-8-15-2/h7H,3-6,8-10H2,1-2H3. The van der Waals surface area contributed by atoms with Crippen molar-refractivity contribution in [2.75, 3.05) is 26.1 Å². The number of rotatable bonds is 10. The van der Waals surface area contributed by atoms with Gasteiger partial charge in [0.2, 0.25) is 0 Å². The number of halogens is 1. The lowest BCUT2D eigenvalue weighted by Crippen LogP contribution is -1.97. The molecule has 0 aliphatic carbocycles. The average molecular weight is 264 g/mol. The molecule has 0 saturated carbocycles. The molecule has 0 spiro atoms. The highest BCUT2D eigenvalue weighted by atomic mass is 32.2. The van der Waals surface area contributed by atoms with Gasteiger partial charge in [0.15, 0.2) is 5.16 Å². The Morgan fingerprint density at radius 1 is 1.29 bits per heavy atom. The number of methoxy groups -OCH3 is 1.